The molecule has 2 aromatic rings. The molecule has 12 nitrogen and oxygen atoms in total. The summed E-state index contributed by atoms with van der Waals surface area (Å²) < 4.78 is 41.3. The van der Waals surface area contributed by atoms with Crippen molar-refractivity contribution in [3.63, 3.8) is 0 Å². The van der Waals surface area contributed by atoms with Crippen LogP contribution in [0.1, 0.15) is 29.3 Å². The summed E-state index contributed by atoms with van der Waals surface area (Å²) in [6.07, 6.45) is -6.19. The number of amides is 3. The fraction of sp³-hybridized carbons (Fsp3) is 0.259. The number of carbonyl (C=O) groups is 5. The van der Waals surface area contributed by atoms with Crippen molar-refractivity contribution in [2.24, 2.45) is 5.73 Å². The van der Waals surface area contributed by atoms with Crippen molar-refractivity contribution in [2.75, 3.05) is 24.5 Å². The summed E-state index contributed by atoms with van der Waals surface area (Å²) in [7, 11) is 0. The molecule has 5 N–H and O–H groups in total. The molecule has 3 rings (SSSR count). The van der Waals surface area contributed by atoms with Crippen molar-refractivity contribution in [3.8, 4) is 11.8 Å². The Morgan fingerprint density at radius 3 is 2.40 bits per heavy atom. The number of para-hydroxylation sites is 1. The number of nitrogens with two attached hydrogens (primary N) is 1. The molecule has 1 atom stereocenters. The molecule has 42 heavy (non-hydrogen) atoms. The lowest BCUT2D eigenvalue weighted by Crippen LogP contribution is -2.44. The van der Waals surface area contributed by atoms with Crippen LogP contribution in [0.2, 0.25) is 0 Å². The summed E-state index contributed by atoms with van der Waals surface area (Å²) in [6, 6.07) is 11.5. The van der Waals surface area contributed by atoms with Crippen molar-refractivity contribution >= 4 is 47.0 Å². The van der Waals surface area contributed by atoms with E-state index in [1.807, 2.05) is 0 Å². The number of guanidine groups is 1. The molecule has 1 aliphatic rings. The first-order chi connectivity index (χ1) is 19.8. The number of nitrogens with one attached hydrogen (secondary N) is 3. The zero-order chi connectivity index (χ0) is 31.0. The average Bonchev–Trinajstić information content (AvgIpc) is 3.03. The first kappa shape index (κ1) is 31.1. The minimum atomic E-state index is -5.39. The number of fused-ring (bicyclic) bond motifs is 1. The van der Waals surface area contributed by atoms with E-state index in [0.29, 0.717) is 5.69 Å². The van der Waals surface area contributed by atoms with Gasteiger partial charge in [0.05, 0.1) is 17.7 Å². The van der Waals surface area contributed by atoms with Crippen molar-refractivity contribution in [2.45, 2.75) is 25.6 Å². The van der Waals surface area contributed by atoms with Gasteiger partial charge in [-0.1, -0.05) is 24.1 Å². The predicted molar refractivity (Wildman–Crippen MR) is 142 cm³/mol. The maximum Gasteiger partial charge on any atom is 0.491 e. The third-order valence-electron chi connectivity index (χ3n) is 5.78. The minimum Gasteiger partial charge on any atom is -0.386 e. The standard InChI is InChI=1S/C27H25F3N6O6/c1-16(13-23(39)42-25(41)27(28,29)30)35-15-22(38)36(18-5-3-2-4-6-18)20-9-7-17(14-19(20)24(35)40)8-10-21(37)33-11-12-34-26(31)32/h2-7,9,14,16H,11-13,15H2,1H3,(H,33,37)(H4,31,32,34). The van der Waals surface area contributed by atoms with E-state index in [1.165, 1.54) is 30.0 Å². The van der Waals surface area contributed by atoms with Crippen molar-refractivity contribution in [3.05, 3.63) is 59.7 Å². The summed E-state index contributed by atoms with van der Waals surface area (Å²) >= 11 is 0. The number of alkyl halides is 3. The van der Waals surface area contributed by atoms with Gasteiger partial charge in [0.25, 0.3) is 17.7 Å². The molecule has 0 bridgehead atoms. The first-order valence-corrected chi connectivity index (χ1v) is 12.3. The molecule has 0 saturated heterocycles. The van der Waals surface area contributed by atoms with Gasteiger partial charge in [0.2, 0.25) is 0 Å². The quantitative estimate of drug-likeness (QED) is 0.0934. The number of anilines is 2. The second-order valence-electron chi connectivity index (χ2n) is 8.89. The monoisotopic (exact) mass is 586 g/mol. The van der Waals surface area contributed by atoms with Crippen LogP contribution >= 0.6 is 0 Å². The zero-order valence-electron chi connectivity index (χ0n) is 22.1. The van der Waals surface area contributed by atoms with E-state index in [-0.39, 0.29) is 35.9 Å². The van der Waals surface area contributed by atoms with E-state index >= 15 is 0 Å². The summed E-state index contributed by atoms with van der Waals surface area (Å²) in [5, 5.41) is 12.1. The van der Waals surface area contributed by atoms with Crippen LogP contribution in [-0.4, -0.2) is 72.4 Å². The van der Waals surface area contributed by atoms with Crippen molar-refractivity contribution < 1.29 is 41.9 Å². The maximum absolute atomic E-state index is 13.7. The van der Waals surface area contributed by atoms with E-state index in [1.54, 1.807) is 30.3 Å². The van der Waals surface area contributed by atoms with Crippen molar-refractivity contribution in [1.29, 1.82) is 5.41 Å². The minimum absolute atomic E-state index is 0.0332. The topological polar surface area (TPSA) is 175 Å². The molecule has 0 fully saturated rings. The number of benzene rings is 2. The van der Waals surface area contributed by atoms with Gasteiger partial charge >= 0.3 is 18.1 Å². The Morgan fingerprint density at radius 2 is 1.76 bits per heavy atom. The zero-order valence-corrected chi connectivity index (χ0v) is 22.1. The third kappa shape index (κ3) is 8.07. The number of hydrogen-bond acceptors (Lipinski definition) is 7. The lowest BCUT2D eigenvalue weighted by molar-refractivity contribution is -0.202. The molecular weight excluding hydrogens is 561 g/mol. The Morgan fingerprint density at radius 1 is 1.10 bits per heavy atom. The molecule has 0 radical (unpaired) electrons. The first-order valence-electron chi connectivity index (χ1n) is 12.3. The number of carbonyl (C=O) groups excluding carboxylic acids is 5. The Kier molecular flexibility index (Phi) is 9.87. The van der Waals surface area contributed by atoms with Crippen molar-refractivity contribution in [1.82, 2.24) is 15.5 Å². The van der Waals surface area contributed by atoms with Gasteiger partial charge in [-0.15, -0.1) is 0 Å². The molecule has 0 aliphatic carbocycles. The number of hydrogen-bond donors (Lipinski definition) is 4. The molecule has 0 spiro atoms. The van der Waals surface area contributed by atoms with Gasteiger partial charge in [0.1, 0.15) is 6.54 Å². The average molecular weight is 587 g/mol. The molecule has 1 heterocycles. The SMILES string of the molecule is CC(CC(=O)OC(=O)C(F)(F)F)N1CC(=O)N(c2ccccc2)c2ccc(C#CC(=O)NCCNC(=N)N)cc2C1=O. The number of esters is 2. The molecule has 3 amide bonds. The van der Waals surface area contributed by atoms with Gasteiger partial charge in [-0.2, -0.15) is 13.2 Å². The van der Waals surface area contributed by atoms with Gasteiger partial charge in [-0.3, -0.25) is 29.5 Å². The third-order valence-corrected chi connectivity index (χ3v) is 5.78. The van der Waals surface area contributed by atoms with Gasteiger partial charge in [-0.05, 0) is 37.3 Å². The molecule has 1 unspecified atom stereocenters. The summed E-state index contributed by atoms with van der Waals surface area (Å²) in [4.78, 5) is 64.5. The molecular formula is C27H25F3N6O6. The van der Waals surface area contributed by atoms with Crippen LogP contribution in [-0.2, 0) is 23.9 Å². The van der Waals surface area contributed by atoms with E-state index in [0.717, 1.165) is 4.90 Å². The second kappa shape index (κ2) is 13.3. The Bertz CT molecular complexity index is 1470. The van der Waals surface area contributed by atoms with E-state index < -0.39 is 54.8 Å². The van der Waals surface area contributed by atoms with Gasteiger partial charge < -0.3 is 26.0 Å². The maximum atomic E-state index is 13.7. The van der Waals surface area contributed by atoms with Crippen LogP contribution in [0.5, 0.6) is 0 Å². The molecule has 0 aromatic heterocycles. The van der Waals surface area contributed by atoms with Crippen LogP contribution in [0, 0.1) is 17.3 Å². The molecule has 15 heteroatoms. The summed E-state index contributed by atoms with van der Waals surface area (Å²) in [5.41, 5.74) is 5.94. The van der Waals surface area contributed by atoms with E-state index in [4.69, 9.17) is 11.1 Å². The highest BCUT2D eigenvalue weighted by molar-refractivity contribution is 6.13. The molecule has 2 aromatic carbocycles. The Hall–Kier alpha value is -5.39. The van der Waals surface area contributed by atoms with Gasteiger partial charge in [0.15, 0.2) is 5.96 Å². The molecule has 0 saturated carbocycles. The lowest BCUT2D eigenvalue weighted by atomic mass is 10.1. The second-order valence-corrected chi connectivity index (χ2v) is 8.89. The molecule has 1 aliphatic heterocycles. The van der Waals surface area contributed by atoms with Crippen LogP contribution in [0.15, 0.2) is 48.5 Å². The van der Waals surface area contributed by atoms with Gasteiger partial charge in [0, 0.05) is 36.3 Å². The number of rotatable bonds is 7. The normalized spacial score (nSPS) is 13.6. The van der Waals surface area contributed by atoms with Crippen LogP contribution in [0.4, 0.5) is 24.5 Å². The van der Waals surface area contributed by atoms with Crippen LogP contribution in [0.25, 0.3) is 0 Å². The Labute approximate surface area is 237 Å². The summed E-state index contributed by atoms with van der Waals surface area (Å²) in [6.45, 7) is 1.10. The van der Waals surface area contributed by atoms with Crippen LogP contribution < -0.4 is 21.3 Å². The van der Waals surface area contributed by atoms with Gasteiger partial charge in [-0.25, -0.2) is 4.79 Å². The molecule has 220 valence electrons. The predicted octanol–water partition coefficient (Wildman–Crippen LogP) is 1.17. The fourth-order valence-corrected chi connectivity index (χ4v) is 3.87. The number of halogens is 3. The largest absolute Gasteiger partial charge is 0.491 e. The van der Waals surface area contributed by atoms with E-state index in [9.17, 15) is 37.1 Å². The number of nitrogens with zero attached hydrogens (tertiary/aromatic N) is 2. The van der Waals surface area contributed by atoms with Crippen LogP contribution in [0.3, 0.4) is 0 Å². The summed E-state index contributed by atoms with van der Waals surface area (Å²) in [5.74, 6) is -1.48. The smallest absolute Gasteiger partial charge is 0.386 e. The number of ether oxygens (including phenoxy) is 1. The van der Waals surface area contributed by atoms with E-state index in [2.05, 4.69) is 27.2 Å². The highest BCUT2D eigenvalue weighted by Gasteiger charge is 2.43. The lowest BCUT2D eigenvalue weighted by Gasteiger charge is -2.27. The highest BCUT2D eigenvalue weighted by atomic mass is 19.4. The Balaban J connectivity index is 1.91. The fourth-order valence-electron chi connectivity index (χ4n) is 3.87. The highest BCUT2D eigenvalue weighted by Crippen LogP contribution is 2.33.